The highest BCUT2D eigenvalue weighted by molar-refractivity contribution is 5.88. The minimum absolute atomic E-state index is 0.339. The van der Waals surface area contributed by atoms with Gasteiger partial charge in [-0.3, -0.25) is 0 Å². The molecule has 0 bridgehead atoms. The number of H-pyrrole nitrogens is 1. The van der Waals surface area contributed by atoms with Crippen LogP contribution in [0.4, 0.5) is 0 Å². The third kappa shape index (κ3) is 2.75. The number of carbonyl (C=O) groups excluding carboxylic acids is 1. The van der Waals surface area contributed by atoms with Crippen LogP contribution in [-0.4, -0.2) is 51.6 Å². The molecule has 2 aliphatic rings. The van der Waals surface area contributed by atoms with Crippen LogP contribution in [0.2, 0.25) is 0 Å². The summed E-state index contributed by atoms with van der Waals surface area (Å²) in [5.41, 5.74) is 4.16. The molecule has 6 nitrogen and oxygen atoms in total. The quantitative estimate of drug-likeness (QED) is 0.708. The van der Waals surface area contributed by atoms with Gasteiger partial charge in [-0.1, -0.05) is 12.1 Å². The number of aromatic nitrogens is 3. The van der Waals surface area contributed by atoms with Crippen molar-refractivity contribution < 1.29 is 9.53 Å². The highest BCUT2D eigenvalue weighted by Crippen LogP contribution is 2.44. The normalized spacial score (nSPS) is 24.3. The summed E-state index contributed by atoms with van der Waals surface area (Å²) in [6.45, 7) is 4.00. The first-order chi connectivity index (χ1) is 13.7. The summed E-state index contributed by atoms with van der Waals surface area (Å²) in [7, 11) is 2.24. The van der Waals surface area contributed by atoms with E-state index in [1.807, 2.05) is 17.7 Å². The number of imidazole rings is 1. The van der Waals surface area contributed by atoms with Gasteiger partial charge in [-0.15, -0.1) is 0 Å². The van der Waals surface area contributed by atoms with Crippen molar-refractivity contribution in [2.24, 2.45) is 5.92 Å². The van der Waals surface area contributed by atoms with Gasteiger partial charge in [0.25, 0.3) is 0 Å². The van der Waals surface area contributed by atoms with Gasteiger partial charge in [0.05, 0.1) is 6.61 Å². The van der Waals surface area contributed by atoms with Gasteiger partial charge in [0, 0.05) is 54.5 Å². The molecule has 6 heteroatoms. The maximum absolute atomic E-state index is 12.2. The van der Waals surface area contributed by atoms with E-state index in [1.54, 1.807) is 6.20 Å². The molecule has 1 aliphatic carbocycles. The second-order valence-corrected chi connectivity index (χ2v) is 8.13. The van der Waals surface area contributed by atoms with Crippen molar-refractivity contribution >= 4 is 16.9 Å². The van der Waals surface area contributed by atoms with Gasteiger partial charge in [-0.25, -0.2) is 9.78 Å². The van der Waals surface area contributed by atoms with E-state index in [0.717, 1.165) is 25.9 Å². The predicted octanol–water partition coefficient (Wildman–Crippen LogP) is 3.20. The monoisotopic (exact) mass is 378 g/mol. The molecule has 0 radical (unpaired) electrons. The molecule has 1 fully saturated rings. The standard InChI is InChI=1S/C22H26N4O2/c1-3-28-22(27)21-23-7-8-26(21)13-14-9-17-16-5-4-6-18-20(16)15(11-24-18)10-19(17)25(2)12-14/h4-8,11,14,17,19,24H,3,9-10,12-13H2,1-2H3/t14-,17-,19-/m1/s1. The number of likely N-dealkylation sites (N-methyl/N-ethyl adjacent to an activating group) is 1. The van der Waals surface area contributed by atoms with Crippen LogP contribution >= 0.6 is 0 Å². The van der Waals surface area contributed by atoms with Gasteiger partial charge in [0.2, 0.25) is 5.82 Å². The van der Waals surface area contributed by atoms with Crippen LogP contribution in [0, 0.1) is 5.92 Å². The van der Waals surface area contributed by atoms with Gasteiger partial charge in [0.1, 0.15) is 0 Å². The second kappa shape index (κ2) is 6.78. The minimum Gasteiger partial charge on any atom is -0.460 e. The van der Waals surface area contributed by atoms with Crippen molar-refractivity contribution in [3.63, 3.8) is 0 Å². The molecule has 0 amide bonds. The molecule has 2 aromatic heterocycles. The van der Waals surface area contributed by atoms with Crippen LogP contribution in [0.25, 0.3) is 10.9 Å². The molecule has 28 heavy (non-hydrogen) atoms. The minimum atomic E-state index is -0.339. The van der Waals surface area contributed by atoms with Crippen LogP contribution in [-0.2, 0) is 17.7 Å². The van der Waals surface area contributed by atoms with E-state index in [1.165, 1.54) is 22.0 Å². The summed E-state index contributed by atoms with van der Waals surface area (Å²) in [5.74, 6) is 1.05. The van der Waals surface area contributed by atoms with E-state index < -0.39 is 0 Å². The molecule has 3 heterocycles. The summed E-state index contributed by atoms with van der Waals surface area (Å²) < 4.78 is 7.12. The Bertz CT molecular complexity index is 1020. The van der Waals surface area contributed by atoms with Gasteiger partial charge in [0.15, 0.2) is 0 Å². The first kappa shape index (κ1) is 17.5. The van der Waals surface area contributed by atoms with Crippen molar-refractivity contribution in [2.75, 3.05) is 20.2 Å². The van der Waals surface area contributed by atoms with Crippen molar-refractivity contribution in [1.29, 1.82) is 0 Å². The number of hydrogen-bond acceptors (Lipinski definition) is 4. The third-order valence-corrected chi connectivity index (χ3v) is 6.44. The van der Waals surface area contributed by atoms with E-state index in [-0.39, 0.29) is 5.97 Å². The maximum Gasteiger partial charge on any atom is 0.374 e. The highest BCUT2D eigenvalue weighted by atomic mass is 16.5. The van der Waals surface area contributed by atoms with E-state index in [9.17, 15) is 4.79 Å². The van der Waals surface area contributed by atoms with E-state index in [4.69, 9.17) is 4.74 Å². The lowest BCUT2D eigenvalue weighted by Gasteiger charge is -2.45. The number of ether oxygens (including phenoxy) is 1. The largest absolute Gasteiger partial charge is 0.460 e. The van der Waals surface area contributed by atoms with E-state index in [2.05, 4.69) is 46.3 Å². The molecule has 0 spiro atoms. The second-order valence-electron chi connectivity index (χ2n) is 8.13. The Labute approximate surface area is 164 Å². The van der Waals surface area contributed by atoms with Gasteiger partial charge in [-0.2, -0.15) is 0 Å². The summed E-state index contributed by atoms with van der Waals surface area (Å²) >= 11 is 0. The smallest absolute Gasteiger partial charge is 0.374 e. The number of aromatic amines is 1. The third-order valence-electron chi connectivity index (χ3n) is 6.44. The molecule has 146 valence electrons. The lowest BCUT2D eigenvalue weighted by Crippen LogP contribution is -2.48. The van der Waals surface area contributed by atoms with Gasteiger partial charge >= 0.3 is 5.97 Å². The van der Waals surface area contributed by atoms with E-state index in [0.29, 0.717) is 30.3 Å². The first-order valence-corrected chi connectivity index (χ1v) is 10.1. The van der Waals surface area contributed by atoms with Crippen LogP contribution < -0.4 is 0 Å². The van der Waals surface area contributed by atoms with Gasteiger partial charge < -0.3 is 19.2 Å². The number of rotatable bonds is 4. The summed E-state index contributed by atoms with van der Waals surface area (Å²) in [5, 5.41) is 1.42. The zero-order valence-electron chi connectivity index (χ0n) is 16.4. The molecule has 0 unspecified atom stereocenters. The van der Waals surface area contributed by atoms with Crippen molar-refractivity contribution in [2.45, 2.75) is 38.3 Å². The van der Waals surface area contributed by atoms with E-state index >= 15 is 0 Å². The predicted molar refractivity (Wildman–Crippen MR) is 107 cm³/mol. The molecule has 3 aromatic rings. The fraction of sp³-hybridized carbons (Fsp3) is 0.455. The van der Waals surface area contributed by atoms with Crippen LogP contribution in [0.15, 0.2) is 36.8 Å². The zero-order valence-corrected chi connectivity index (χ0v) is 16.4. The zero-order chi connectivity index (χ0) is 19.3. The van der Waals surface area contributed by atoms with Crippen LogP contribution in [0.3, 0.4) is 0 Å². The Morgan fingerprint density at radius 2 is 2.29 bits per heavy atom. The molecular formula is C22H26N4O2. The summed E-state index contributed by atoms with van der Waals surface area (Å²) in [6.07, 6.45) is 7.99. The number of fused-ring (bicyclic) bond motifs is 2. The summed E-state index contributed by atoms with van der Waals surface area (Å²) in [6, 6.07) is 7.17. The molecule has 0 saturated carbocycles. The van der Waals surface area contributed by atoms with Crippen LogP contribution in [0.1, 0.15) is 41.0 Å². The Hall–Kier alpha value is -2.60. The molecule has 1 N–H and O–H groups in total. The van der Waals surface area contributed by atoms with Crippen LogP contribution in [0.5, 0.6) is 0 Å². The molecule has 5 rings (SSSR count). The topological polar surface area (TPSA) is 63.1 Å². The molecule has 1 saturated heterocycles. The lowest BCUT2D eigenvalue weighted by molar-refractivity contribution is 0.0500. The van der Waals surface area contributed by atoms with Crippen molar-refractivity contribution in [1.82, 2.24) is 19.4 Å². The fourth-order valence-corrected chi connectivity index (χ4v) is 5.31. The SMILES string of the molecule is CCOC(=O)c1nccn1C[C@@H]1C[C@@H]2c3cccc4[nH]cc(c34)C[C@H]2N(C)C1. The number of hydrogen-bond donors (Lipinski definition) is 1. The Morgan fingerprint density at radius 1 is 1.39 bits per heavy atom. The number of esters is 1. The fourth-order valence-electron chi connectivity index (χ4n) is 5.31. The first-order valence-electron chi connectivity index (χ1n) is 10.1. The average Bonchev–Trinajstić information content (AvgIpc) is 3.31. The number of likely N-dealkylation sites (tertiary alicyclic amines) is 1. The molecule has 1 aliphatic heterocycles. The number of nitrogens with zero attached hydrogens (tertiary/aromatic N) is 3. The molecule has 3 atom stereocenters. The highest BCUT2D eigenvalue weighted by Gasteiger charge is 2.39. The number of benzene rings is 1. The lowest BCUT2D eigenvalue weighted by atomic mass is 9.72. The number of piperidine rings is 1. The van der Waals surface area contributed by atoms with Crippen molar-refractivity contribution in [3.05, 3.63) is 53.7 Å². The van der Waals surface area contributed by atoms with Crippen molar-refractivity contribution in [3.8, 4) is 0 Å². The Balaban J connectivity index is 1.42. The molecular weight excluding hydrogens is 352 g/mol. The number of nitrogens with one attached hydrogen (secondary N) is 1. The average molecular weight is 378 g/mol. The summed E-state index contributed by atoms with van der Waals surface area (Å²) in [4.78, 5) is 22.4. The Kier molecular flexibility index (Phi) is 4.23. The number of carbonyl (C=O) groups is 1. The molecule has 1 aromatic carbocycles. The maximum atomic E-state index is 12.2. The van der Waals surface area contributed by atoms with Gasteiger partial charge in [-0.05, 0) is 49.9 Å². The Morgan fingerprint density at radius 3 is 3.14 bits per heavy atom.